The van der Waals surface area contributed by atoms with Crippen molar-refractivity contribution < 1.29 is 19.4 Å². The molecule has 15 heavy (non-hydrogen) atoms. The van der Waals surface area contributed by atoms with E-state index < -0.39 is 11.9 Å². The van der Waals surface area contributed by atoms with Crippen LogP contribution in [-0.2, 0) is 9.74 Å². The molecule has 0 heterocycles. The number of halogens is 1. The average molecular weight is 212 g/mol. The fraction of sp³-hybridized carbons (Fsp3) is 0.364. The Morgan fingerprint density at radius 1 is 1.47 bits per heavy atom. The van der Waals surface area contributed by atoms with E-state index in [4.69, 9.17) is 0 Å². The fourth-order valence-electron chi connectivity index (χ4n) is 1.37. The molecule has 82 valence electrons. The first kappa shape index (κ1) is 11.5. The van der Waals surface area contributed by atoms with E-state index >= 15 is 0 Å². The Hall–Kier alpha value is -1.58. The van der Waals surface area contributed by atoms with Crippen molar-refractivity contribution in [3.63, 3.8) is 0 Å². The molecule has 1 aromatic rings. The molecule has 0 aliphatic carbocycles. The summed E-state index contributed by atoms with van der Waals surface area (Å²) in [5.41, 5.74) is 0.771. The van der Waals surface area contributed by atoms with Gasteiger partial charge in [-0.05, 0) is 23.6 Å². The molecule has 0 amide bonds. The summed E-state index contributed by atoms with van der Waals surface area (Å²) >= 11 is 0. The molecule has 0 fully saturated rings. The third kappa shape index (κ3) is 2.68. The monoisotopic (exact) mass is 212 g/mol. The van der Waals surface area contributed by atoms with E-state index in [1.54, 1.807) is 32.0 Å². The van der Waals surface area contributed by atoms with Crippen molar-refractivity contribution in [1.29, 1.82) is 0 Å². The van der Waals surface area contributed by atoms with Gasteiger partial charge in [0.05, 0.1) is 5.92 Å². The van der Waals surface area contributed by atoms with E-state index in [0.717, 1.165) is 5.56 Å². The van der Waals surface area contributed by atoms with Gasteiger partial charge in [-0.2, -0.15) is 0 Å². The van der Waals surface area contributed by atoms with Crippen molar-refractivity contribution >= 4 is 5.97 Å². The van der Waals surface area contributed by atoms with Gasteiger partial charge in [0, 0.05) is 4.53 Å². The number of carbonyl (C=O) groups is 1. The first-order valence-corrected chi connectivity index (χ1v) is 4.67. The highest BCUT2D eigenvalue weighted by Gasteiger charge is 2.23. The standard InChI is InChI=1S/C11H13FO3/c1-7(8(2)11(14)15-12)9-4-3-5-10(13)6-9/h3-8,13H,1-2H3. The van der Waals surface area contributed by atoms with Crippen molar-refractivity contribution in [3.05, 3.63) is 29.8 Å². The van der Waals surface area contributed by atoms with Crippen LogP contribution in [0.3, 0.4) is 0 Å². The van der Waals surface area contributed by atoms with Crippen LogP contribution in [0.25, 0.3) is 0 Å². The summed E-state index contributed by atoms with van der Waals surface area (Å²) in [7, 11) is 0. The summed E-state index contributed by atoms with van der Waals surface area (Å²) in [4.78, 5) is 14.1. The third-order valence-electron chi connectivity index (χ3n) is 2.59. The zero-order valence-corrected chi connectivity index (χ0v) is 8.61. The lowest BCUT2D eigenvalue weighted by Crippen LogP contribution is -2.17. The highest BCUT2D eigenvalue weighted by Crippen LogP contribution is 2.27. The van der Waals surface area contributed by atoms with Crippen molar-refractivity contribution in [1.82, 2.24) is 0 Å². The van der Waals surface area contributed by atoms with Gasteiger partial charge in [-0.25, -0.2) is 4.79 Å². The van der Waals surface area contributed by atoms with Gasteiger partial charge in [0.15, 0.2) is 0 Å². The van der Waals surface area contributed by atoms with Crippen LogP contribution in [0.15, 0.2) is 24.3 Å². The molecule has 0 aromatic heterocycles. The molecule has 1 N–H and O–H groups in total. The predicted molar refractivity (Wildman–Crippen MR) is 52.9 cm³/mol. The van der Waals surface area contributed by atoms with E-state index in [1.807, 2.05) is 0 Å². The Balaban J connectivity index is 2.84. The second-order valence-corrected chi connectivity index (χ2v) is 3.57. The molecule has 0 saturated heterocycles. The minimum atomic E-state index is -0.897. The molecule has 2 atom stereocenters. The highest BCUT2D eigenvalue weighted by molar-refractivity contribution is 5.72. The summed E-state index contributed by atoms with van der Waals surface area (Å²) < 4.78 is 11.7. The Morgan fingerprint density at radius 2 is 2.13 bits per heavy atom. The van der Waals surface area contributed by atoms with E-state index in [2.05, 4.69) is 4.94 Å². The summed E-state index contributed by atoms with van der Waals surface area (Å²) in [6.45, 7) is 3.35. The van der Waals surface area contributed by atoms with E-state index in [-0.39, 0.29) is 11.7 Å². The van der Waals surface area contributed by atoms with Crippen LogP contribution in [-0.4, -0.2) is 11.1 Å². The van der Waals surface area contributed by atoms with E-state index in [0.29, 0.717) is 0 Å². The van der Waals surface area contributed by atoms with Crippen LogP contribution in [0, 0.1) is 5.92 Å². The van der Waals surface area contributed by atoms with Crippen LogP contribution in [0.5, 0.6) is 5.75 Å². The topological polar surface area (TPSA) is 46.5 Å². The molecule has 0 spiro atoms. The highest BCUT2D eigenvalue weighted by atomic mass is 19.3. The van der Waals surface area contributed by atoms with Gasteiger partial charge in [-0.1, -0.05) is 26.0 Å². The molecule has 0 aliphatic rings. The second-order valence-electron chi connectivity index (χ2n) is 3.57. The normalized spacial score (nSPS) is 14.3. The fourth-order valence-corrected chi connectivity index (χ4v) is 1.37. The van der Waals surface area contributed by atoms with E-state index in [9.17, 15) is 14.4 Å². The molecule has 1 aromatic carbocycles. The van der Waals surface area contributed by atoms with Crippen LogP contribution in [0.4, 0.5) is 4.53 Å². The van der Waals surface area contributed by atoms with Crippen LogP contribution >= 0.6 is 0 Å². The Kier molecular flexibility index (Phi) is 3.66. The molecular formula is C11H13FO3. The zero-order chi connectivity index (χ0) is 11.4. The zero-order valence-electron chi connectivity index (χ0n) is 8.61. The van der Waals surface area contributed by atoms with Crippen molar-refractivity contribution in [2.75, 3.05) is 0 Å². The molecule has 0 aliphatic heterocycles. The number of phenolic OH excluding ortho intramolecular Hbond substituents is 1. The molecule has 0 radical (unpaired) electrons. The predicted octanol–water partition coefficient (Wildman–Crippen LogP) is 2.56. The maximum atomic E-state index is 11.7. The molecule has 3 nitrogen and oxygen atoms in total. The lowest BCUT2D eigenvalue weighted by Gasteiger charge is -2.16. The van der Waals surface area contributed by atoms with Gasteiger partial charge >= 0.3 is 5.97 Å². The van der Waals surface area contributed by atoms with Gasteiger partial charge in [0.2, 0.25) is 0 Å². The maximum Gasteiger partial charge on any atom is 0.352 e. The summed E-state index contributed by atoms with van der Waals surface area (Å²) in [6.07, 6.45) is 0. The minimum Gasteiger partial charge on any atom is -0.508 e. The number of benzene rings is 1. The Morgan fingerprint density at radius 3 is 2.67 bits per heavy atom. The third-order valence-corrected chi connectivity index (χ3v) is 2.59. The maximum absolute atomic E-state index is 11.7. The van der Waals surface area contributed by atoms with Crippen LogP contribution in [0.1, 0.15) is 25.3 Å². The van der Waals surface area contributed by atoms with Crippen molar-refractivity contribution in [2.45, 2.75) is 19.8 Å². The lowest BCUT2D eigenvalue weighted by molar-refractivity contribution is -0.189. The molecule has 0 saturated carbocycles. The lowest BCUT2D eigenvalue weighted by atomic mass is 9.89. The number of aromatic hydroxyl groups is 1. The smallest absolute Gasteiger partial charge is 0.352 e. The van der Waals surface area contributed by atoms with Gasteiger partial charge in [0.25, 0.3) is 0 Å². The number of hydrogen-bond donors (Lipinski definition) is 1. The van der Waals surface area contributed by atoms with Gasteiger partial charge in [0.1, 0.15) is 5.75 Å². The minimum absolute atomic E-state index is 0.125. The number of phenols is 1. The number of carbonyl (C=O) groups excluding carboxylic acids is 1. The summed E-state index contributed by atoms with van der Waals surface area (Å²) in [6, 6.07) is 6.53. The van der Waals surface area contributed by atoms with Gasteiger partial charge in [-0.3, -0.25) is 4.94 Å². The SMILES string of the molecule is CC(C(=O)OF)C(C)c1cccc(O)c1. The molecule has 0 bridgehead atoms. The summed E-state index contributed by atoms with van der Waals surface area (Å²) in [5.74, 6) is -1.57. The first-order valence-electron chi connectivity index (χ1n) is 4.67. The Labute approximate surface area is 87.4 Å². The quantitative estimate of drug-likeness (QED) is 0.837. The van der Waals surface area contributed by atoms with Crippen LogP contribution < -0.4 is 0 Å². The first-order chi connectivity index (χ1) is 7.06. The average Bonchev–Trinajstić information content (AvgIpc) is 2.26. The molecule has 4 heteroatoms. The Bertz CT molecular complexity index is 351. The molecule has 1 rings (SSSR count). The number of rotatable bonds is 3. The number of hydrogen-bond acceptors (Lipinski definition) is 3. The van der Waals surface area contributed by atoms with Crippen molar-refractivity contribution in [3.8, 4) is 5.75 Å². The molecule has 2 unspecified atom stereocenters. The largest absolute Gasteiger partial charge is 0.508 e. The van der Waals surface area contributed by atoms with E-state index in [1.165, 1.54) is 6.07 Å². The second kappa shape index (κ2) is 4.77. The van der Waals surface area contributed by atoms with Gasteiger partial charge in [-0.15, -0.1) is 0 Å². The van der Waals surface area contributed by atoms with Crippen LogP contribution in [0.2, 0.25) is 0 Å². The van der Waals surface area contributed by atoms with Gasteiger partial charge < -0.3 is 5.11 Å². The summed E-state index contributed by atoms with van der Waals surface area (Å²) in [5, 5.41) is 9.25. The van der Waals surface area contributed by atoms with Crippen molar-refractivity contribution in [2.24, 2.45) is 5.92 Å². The molecular weight excluding hydrogens is 199 g/mol.